The van der Waals surface area contributed by atoms with Crippen molar-refractivity contribution in [3.05, 3.63) is 28.2 Å². The lowest BCUT2D eigenvalue weighted by molar-refractivity contribution is -0.142. The fourth-order valence-corrected chi connectivity index (χ4v) is 2.23. The molecule has 0 saturated heterocycles. The third-order valence-electron chi connectivity index (χ3n) is 2.76. The van der Waals surface area contributed by atoms with Crippen LogP contribution >= 0.6 is 15.9 Å². The standard InChI is InChI=1S/C13H18BrNO2/c1-8(2)10(13(16)17)7-15-12-5-4-9(3)6-11(12)14/h4-6,8,10,15H,7H2,1-3H3,(H,16,17). The second-order valence-electron chi connectivity index (χ2n) is 4.55. The second-order valence-corrected chi connectivity index (χ2v) is 5.41. The van der Waals surface area contributed by atoms with Crippen LogP contribution in [0.2, 0.25) is 0 Å². The van der Waals surface area contributed by atoms with Crippen LogP contribution in [0.4, 0.5) is 5.69 Å². The van der Waals surface area contributed by atoms with Gasteiger partial charge in [-0.3, -0.25) is 4.79 Å². The Hall–Kier alpha value is -1.03. The number of nitrogens with one attached hydrogen (secondary N) is 1. The summed E-state index contributed by atoms with van der Waals surface area (Å²) in [5, 5.41) is 12.3. The maximum atomic E-state index is 11.0. The summed E-state index contributed by atoms with van der Waals surface area (Å²) in [5.41, 5.74) is 2.10. The summed E-state index contributed by atoms with van der Waals surface area (Å²) in [5.74, 6) is -1.01. The number of carboxylic acid groups (broad SMARTS) is 1. The highest BCUT2D eigenvalue weighted by Gasteiger charge is 2.21. The number of carboxylic acids is 1. The number of hydrogen-bond acceptors (Lipinski definition) is 2. The van der Waals surface area contributed by atoms with Crippen molar-refractivity contribution in [2.24, 2.45) is 11.8 Å². The van der Waals surface area contributed by atoms with E-state index in [2.05, 4.69) is 21.2 Å². The second kappa shape index (κ2) is 6.05. The minimum atomic E-state index is -0.754. The lowest BCUT2D eigenvalue weighted by Crippen LogP contribution is -2.27. The van der Waals surface area contributed by atoms with E-state index in [-0.39, 0.29) is 11.8 Å². The molecule has 0 bridgehead atoms. The van der Waals surface area contributed by atoms with Gasteiger partial charge in [-0.15, -0.1) is 0 Å². The summed E-state index contributed by atoms with van der Waals surface area (Å²) in [6, 6.07) is 5.96. The zero-order valence-electron chi connectivity index (χ0n) is 10.3. The first kappa shape index (κ1) is 14.0. The number of carbonyl (C=O) groups is 1. The largest absolute Gasteiger partial charge is 0.481 e. The molecular weight excluding hydrogens is 282 g/mol. The Labute approximate surface area is 110 Å². The molecule has 0 heterocycles. The molecule has 0 fully saturated rings. The van der Waals surface area contributed by atoms with Gasteiger partial charge in [0.2, 0.25) is 0 Å². The molecule has 1 aromatic carbocycles. The van der Waals surface area contributed by atoms with Crippen molar-refractivity contribution in [3.63, 3.8) is 0 Å². The van der Waals surface area contributed by atoms with Gasteiger partial charge in [0.15, 0.2) is 0 Å². The van der Waals surface area contributed by atoms with Crippen molar-refractivity contribution < 1.29 is 9.90 Å². The number of anilines is 1. The predicted octanol–water partition coefficient (Wildman–Crippen LogP) is 3.53. The van der Waals surface area contributed by atoms with Crippen LogP contribution in [0.1, 0.15) is 19.4 Å². The molecular formula is C13H18BrNO2. The summed E-state index contributed by atoms with van der Waals surface area (Å²) in [4.78, 5) is 11.0. The first-order chi connectivity index (χ1) is 7.91. The smallest absolute Gasteiger partial charge is 0.308 e. The molecule has 0 saturated carbocycles. The van der Waals surface area contributed by atoms with Gasteiger partial charge in [-0.25, -0.2) is 0 Å². The maximum Gasteiger partial charge on any atom is 0.308 e. The van der Waals surface area contributed by atoms with Crippen LogP contribution in [-0.2, 0) is 4.79 Å². The van der Waals surface area contributed by atoms with Gasteiger partial charge in [0.25, 0.3) is 0 Å². The number of hydrogen-bond donors (Lipinski definition) is 2. The number of aliphatic carboxylic acids is 1. The fraction of sp³-hybridized carbons (Fsp3) is 0.462. The molecule has 3 nitrogen and oxygen atoms in total. The normalized spacial score (nSPS) is 12.5. The number of benzene rings is 1. The molecule has 17 heavy (non-hydrogen) atoms. The van der Waals surface area contributed by atoms with Gasteiger partial charge in [0, 0.05) is 16.7 Å². The minimum Gasteiger partial charge on any atom is -0.481 e. The highest BCUT2D eigenvalue weighted by atomic mass is 79.9. The topological polar surface area (TPSA) is 49.3 Å². The van der Waals surface area contributed by atoms with Crippen LogP contribution in [-0.4, -0.2) is 17.6 Å². The Bertz CT molecular complexity index is 404. The quantitative estimate of drug-likeness (QED) is 0.874. The lowest BCUT2D eigenvalue weighted by Gasteiger charge is -2.18. The number of aryl methyl sites for hydroxylation is 1. The van der Waals surface area contributed by atoms with Gasteiger partial charge in [0.05, 0.1) is 5.92 Å². The monoisotopic (exact) mass is 299 g/mol. The molecule has 1 unspecified atom stereocenters. The molecule has 1 aromatic rings. The molecule has 1 rings (SSSR count). The van der Waals surface area contributed by atoms with E-state index < -0.39 is 5.97 Å². The van der Waals surface area contributed by atoms with Crippen molar-refractivity contribution in [1.82, 2.24) is 0 Å². The van der Waals surface area contributed by atoms with Crippen LogP contribution in [0.15, 0.2) is 22.7 Å². The van der Waals surface area contributed by atoms with E-state index in [1.165, 1.54) is 5.56 Å². The Kier molecular flexibility index (Phi) is 5.00. The third-order valence-corrected chi connectivity index (χ3v) is 3.42. The van der Waals surface area contributed by atoms with Crippen LogP contribution in [0.25, 0.3) is 0 Å². The fourth-order valence-electron chi connectivity index (χ4n) is 1.59. The molecule has 0 aliphatic rings. The molecule has 0 amide bonds. The van der Waals surface area contributed by atoms with E-state index in [9.17, 15) is 4.79 Å². The summed E-state index contributed by atoms with van der Waals surface area (Å²) < 4.78 is 0.963. The zero-order valence-corrected chi connectivity index (χ0v) is 11.9. The van der Waals surface area contributed by atoms with Crippen molar-refractivity contribution in [2.45, 2.75) is 20.8 Å². The molecule has 4 heteroatoms. The molecule has 0 aromatic heterocycles. The summed E-state index contributed by atoms with van der Waals surface area (Å²) in [6.45, 7) is 6.30. The average Bonchev–Trinajstić information content (AvgIpc) is 2.20. The summed E-state index contributed by atoms with van der Waals surface area (Å²) in [7, 11) is 0. The highest BCUT2D eigenvalue weighted by molar-refractivity contribution is 9.10. The average molecular weight is 300 g/mol. The Morgan fingerprint density at radius 2 is 2.12 bits per heavy atom. The Balaban J connectivity index is 2.69. The third kappa shape index (κ3) is 4.04. The molecule has 0 aliphatic carbocycles. The van der Waals surface area contributed by atoms with Gasteiger partial charge < -0.3 is 10.4 Å². The molecule has 1 atom stereocenters. The molecule has 2 N–H and O–H groups in total. The highest BCUT2D eigenvalue weighted by Crippen LogP contribution is 2.24. The van der Waals surface area contributed by atoms with Crippen LogP contribution < -0.4 is 5.32 Å². The van der Waals surface area contributed by atoms with E-state index in [0.717, 1.165) is 10.2 Å². The Morgan fingerprint density at radius 1 is 1.47 bits per heavy atom. The summed E-state index contributed by atoms with van der Waals surface area (Å²) >= 11 is 3.46. The van der Waals surface area contributed by atoms with Crippen molar-refractivity contribution in [1.29, 1.82) is 0 Å². The minimum absolute atomic E-state index is 0.115. The predicted molar refractivity (Wildman–Crippen MR) is 73.3 cm³/mol. The summed E-state index contributed by atoms with van der Waals surface area (Å²) in [6.07, 6.45) is 0. The molecule has 0 aliphatic heterocycles. The van der Waals surface area contributed by atoms with Crippen LogP contribution in [0.3, 0.4) is 0 Å². The van der Waals surface area contributed by atoms with E-state index in [1.54, 1.807) is 0 Å². The number of rotatable bonds is 5. The van der Waals surface area contributed by atoms with E-state index in [1.807, 2.05) is 39.0 Å². The van der Waals surface area contributed by atoms with Gasteiger partial charge in [-0.1, -0.05) is 19.9 Å². The first-order valence-electron chi connectivity index (χ1n) is 5.64. The number of halogens is 1. The van der Waals surface area contributed by atoms with E-state index in [0.29, 0.717) is 6.54 Å². The van der Waals surface area contributed by atoms with Gasteiger partial charge in [0.1, 0.15) is 0 Å². The van der Waals surface area contributed by atoms with E-state index >= 15 is 0 Å². The van der Waals surface area contributed by atoms with Gasteiger partial charge in [-0.2, -0.15) is 0 Å². The van der Waals surface area contributed by atoms with Crippen molar-refractivity contribution in [3.8, 4) is 0 Å². The van der Waals surface area contributed by atoms with Crippen LogP contribution in [0.5, 0.6) is 0 Å². The first-order valence-corrected chi connectivity index (χ1v) is 6.44. The van der Waals surface area contributed by atoms with Gasteiger partial charge >= 0.3 is 5.97 Å². The molecule has 94 valence electrons. The maximum absolute atomic E-state index is 11.0. The molecule has 0 spiro atoms. The zero-order chi connectivity index (χ0) is 13.0. The SMILES string of the molecule is Cc1ccc(NCC(C(=O)O)C(C)C)c(Br)c1. The lowest BCUT2D eigenvalue weighted by atomic mass is 9.96. The van der Waals surface area contributed by atoms with E-state index in [4.69, 9.17) is 5.11 Å². The van der Waals surface area contributed by atoms with Crippen molar-refractivity contribution >= 4 is 27.6 Å². The van der Waals surface area contributed by atoms with Gasteiger partial charge in [-0.05, 0) is 46.5 Å². The molecule has 0 radical (unpaired) electrons. The Morgan fingerprint density at radius 3 is 2.59 bits per heavy atom. The van der Waals surface area contributed by atoms with Crippen molar-refractivity contribution in [2.75, 3.05) is 11.9 Å². The van der Waals surface area contributed by atoms with Crippen LogP contribution in [0, 0.1) is 18.8 Å².